The topological polar surface area (TPSA) is 112 Å². The number of hydrogen-bond acceptors (Lipinski definition) is 4. The highest BCUT2D eigenvalue weighted by Crippen LogP contribution is 2.18. The van der Waals surface area contributed by atoms with E-state index in [-0.39, 0.29) is 19.3 Å². The maximum Gasteiger partial charge on any atom is 0.326 e. The number of nitrogens with zero attached hydrogens (tertiary/aromatic N) is 1. The van der Waals surface area contributed by atoms with E-state index in [4.69, 9.17) is 10.2 Å². The number of aliphatic carboxylic acids is 2. The van der Waals surface area contributed by atoms with Crippen LogP contribution in [0.5, 0.6) is 0 Å². The molecule has 0 aromatic heterocycles. The number of carbonyl (C=O) groups is 4. The molecule has 1 heterocycles. The Bertz CT molecular complexity index is 334. The van der Waals surface area contributed by atoms with Gasteiger partial charge in [-0.2, -0.15) is 0 Å². The monoisotopic (exact) mass is 229 g/mol. The summed E-state index contributed by atoms with van der Waals surface area (Å²) < 4.78 is 0. The molecule has 0 spiro atoms. The molecule has 1 aliphatic heterocycles. The fourth-order valence-electron chi connectivity index (χ4n) is 1.56. The van der Waals surface area contributed by atoms with E-state index in [0.717, 1.165) is 0 Å². The average Bonchev–Trinajstić information content (AvgIpc) is 2.48. The smallest absolute Gasteiger partial charge is 0.326 e. The molecule has 2 N–H and O–H groups in total. The first-order chi connectivity index (χ1) is 7.43. The third kappa shape index (κ3) is 2.56. The second-order valence-electron chi connectivity index (χ2n) is 3.44. The Morgan fingerprint density at radius 3 is 2.06 bits per heavy atom. The highest BCUT2D eigenvalue weighted by Gasteiger charge is 2.38. The Morgan fingerprint density at radius 2 is 1.69 bits per heavy atom. The lowest BCUT2D eigenvalue weighted by Crippen LogP contribution is -2.44. The Morgan fingerprint density at radius 1 is 1.19 bits per heavy atom. The summed E-state index contributed by atoms with van der Waals surface area (Å²) in [7, 11) is 0. The van der Waals surface area contributed by atoms with Crippen molar-refractivity contribution in [3.05, 3.63) is 0 Å². The molecule has 1 fully saturated rings. The molecule has 1 atom stereocenters. The zero-order valence-electron chi connectivity index (χ0n) is 8.38. The van der Waals surface area contributed by atoms with E-state index in [2.05, 4.69) is 0 Å². The highest BCUT2D eigenvalue weighted by molar-refractivity contribution is 6.04. The van der Waals surface area contributed by atoms with Gasteiger partial charge < -0.3 is 10.2 Å². The Kier molecular flexibility index (Phi) is 3.60. The molecule has 0 saturated carbocycles. The molecular formula is C9H11NO6. The van der Waals surface area contributed by atoms with Gasteiger partial charge in [-0.1, -0.05) is 0 Å². The van der Waals surface area contributed by atoms with Crippen LogP contribution < -0.4 is 0 Å². The van der Waals surface area contributed by atoms with Gasteiger partial charge in [-0.25, -0.2) is 4.79 Å². The molecule has 1 unspecified atom stereocenters. The number of amides is 2. The van der Waals surface area contributed by atoms with Crippen LogP contribution in [0.15, 0.2) is 0 Å². The summed E-state index contributed by atoms with van der Waals surface area (Å²) in [5, 5.41) is 17.3. The zero-order valence-corrected chi connectivity index (χ0v) is 8.38. The number of imide groups is 1. The molecule has 0 bridgehead atoms. The summed E-state index contributed by atoms with van der Waals surface area (Å²) in [6, 6.07) is -1.36. The standard InChI is InChI=1S/C9H11NO6/c11-6-2-3-7(12)10(6)5(9(15)16)1-4-8(13)14/h5H,1-4H2,(H,13,14)(H,15,16). The Hall–Kier alpha value is -1.92. The van der Waals surface area contributed by atoms with Crippen molar-refractivity contribution in [1.82, 2.24) is 4.90 Å². The van der Waals surface area contributed by atoms with Gasteiger partial charge in [-0.15, -0.1) is 0 Å². The summed E-state index contributed by atoms with van der Waals surface area (Å²) in [4.78, 5) is 44.4. The van der Waals surface area contributed by atoms with Crippen molar-refractivity contribution in [3.63, 3.8) is 0 Å². The number of carboxylic acids is 2. The molecule has 7 nitrogen and oxygen atoms in total. The van der Waals surface area contributed by atoms with E-state index in [1.165, 1.54) is 0 Å². The molecular weight excluding hydrogens is 218 g/mol. The van der Waals surface area contributed by atoms with Crippen LogP contribution in [0.4, 0.5) is 0 Å². The summed E-state index contributed by atoms with van der Waals surface area (Å²) >= 11 is 0. The van der Waals surface area contributed by atoms with Crippen molar-refractivity contribution >= 4 is 23.8 Å². The van der Waals surface area contributed by atoms with Gasteiger partial charge >= 0.3 is 11.9 Å². The van der Waals surface area contributed by atoms with Crippen molar-refractivity contribution in [1.29, 1.82) is 0 Å². The van der Waals surface area contributed by atoms with E-state index in [9.17, 15) is 19.2 Å². The Balaban J connectivity index is 2.76. The quantitative estimate of drug-likeness (QED) is 0.612. The van der Waals surface area contributed by atoms with Crippen molar-refractivity contribution in [2.24, 2.45) is 0 Å². The molecule has 0 aromatic carbocycles. The molecule has 0 radical (unpaired) electrons. The van der Waals surface area contributed by atoms with Crippen LogP contribution in [0.2, 0.25) is 0 Å². The van der Waals surface area contributed by atoms with E-state index >= 15 is 0 Å². The third-order valence-electron chi connectivity index (χ3n) is 2.32. The maximum absolute atomic E-state index is 11.3. The molecule has 1 aliphatic rings. The maximum atomic E-state index is 11.3. The fourth-order valence-corrected chi connectivity index (χ4v) is 1.56. The van der Waals surface area contributed by atoms with Gasteiger partial charge in [0.05, 0.1) is 0 Å². The molecule has 1 rings (SSSR count). The molecule has 88 valence electrons. The van der Waals surface area contributed by atoms with Gasteiger partial charge in [0, 0.05) is 19.3 Å². The lowest BCUT2D eigenvalue weighted by atomic mass is 10.1. The molecule has 0 aromatic rings. The summed E-state index contributed by atoms with van der Waals surface area (Å²) in [5.74, 6) is -3.62. The first-order valence-electron chi connectivity index (χ1n) is 4.73. The molecule has 2 amide bonds. The van der Waals surface area contributed by atoms with Crippen LogP contribution in [0.1, 0.15) is 25.7 Å². The predicted octanol–water partition coefficient (Wildman–Crippen LogP) is -0.547. The SMILES string of the molecule is O=C(O)CCC(C(=O)O)N1C(=O)CCC1=O. The zero-order chi connectivity index (χ0) is 12.3. The van der Waals surface area contributed by atoms with Gasteiger partial charge in [0.15, 0.2) is 0 Å². The molecule has 16 heavy (non-hydrogen) atoms. The third-order valence-corrected chi connectivity index (χ3v) is 2.32. The van der Waals surface area contributed by atoms with Gasteiger partial charge in [0.25, 0.3) is 0 Å². The van der Waals surface area contributed by atoms with Crippen LogP contribution in [0.25, 0.3) is 0 Å². The lowest BCUT2D eigenvalue weighted by molar-refractivity contribution is -0.155. The van der Waals surface area contributed by atoms with E-state index < -0.39 is 36.2 Å². The second kappa shape index (κ2) is 4.73. The normalized spacial score (nSPS) is 17.6. The average molecular weight is 229 g/mol. The van der Waals surface area contributed by atoms with E-state index in [1.54, 1.807) is 0 Å². The van der Waals surface area contributed by atoms with Crippen LogP contribution in [0.3, 0.4) is 0 Å². The van der Waals surface area contributed by atoms with Gasteiger partial charge in [-0.3, -0.25) is 19.3 Å². The summed E-state index contributed by atoms with van der Waals surface area (Å²) in [6.45, 7) is 0. The number of hydrogen-bond donors (Lipinski definition) is 2. The van der Waals surface area contributed by atoms with Crippen LogP contribution in [-0.4, -0.2) is 44.9 Å². The van der Waals surface area contributed by atoms with E-state index in [1.807, 2.05) is 0 Å². The molecule has 0 aliphatic carbocycles. The Labute approximate surface area is 90.6 Å². The first kappa shape index (κ1) is 12.2. The van der Waals surface area contributed by atoms with Gasteiger partial charge in [0.2, 0.25) is 11.8 Å². The lowest BCUT2D eigenvalue weighted by Gasteiger charge is -2.21. The largest absolute Gasteiger partial charge is 0.481 e. The van der Waals surface area contributed by atoms with Crippen molar-refractivity contribution in [3.8, 4) is 0 Å². The number of carboxylic acid groups (broad SMARTS) is 2. The predicted molar refractivity (Wildman–Crippen MR) is 49.4 cm³/mol. The molecule has 7 heteroatoms. The number of rotatable bonds is 5. The second-order valence-corrected chi connectivity index (χ2v) is 3.44. The number of likely N-dealkylation sites (tertiary alicyclic amines) is 1. The first-order valence-corrected chi connectivity index (χ1v) is 4.73. The van der Waals surface area contributed by atoms with Crippen molar-refractivity contribution < 1.29 is 29.4 Å². The molecule has 1 saturated heterocycles. The van der Waals surface area contributed by atoms with Crippen molar-refractivity contribution in [2.45, 2.75) is 31.7 Å². The minimum absolute atomic E-state index is 0.00428. The van der Waals surface area contributed by atoms with Crippen LogP contribution in [-0.2, 0) is 19.2 Å². The summed E-state index contributed by atoms with van der Waals surface area (Å²) in [6.07, 6.45) is -0.665. The number of carbonyl (C=O) groups excluding carboxylic acids is 2. The van der Waals surface area contributed by atoms with Gasteiger partial charge in [-0.05, 0) is 6.42 Å². The minimum atomic E-state index is -1.36. The minimum Gasteiger partial charge on any atom is -0.481 e. The van der Waals surface area contributed by atoms with Gasteiger partial charge in [0.1, 0.15) is 6.04 Å². The van der Waals surface area contributed by atoms with Crippen molar-refractivity contribution in [2.75, 3.05) is 0 Å². The highest BCUT2D eigenvalue weighted by atomic mass is 16.4. The summed E-state index contributed by atoms with van der Waals surface area (Å²) in [5.41, 5.74) is 0. The van der Waals surface area contributed by atoms with E-state index in [0.29, 0.717) is 4.90 Å². The van der Waals surface area contributed by atoms with Crippen LogP contribution >= 0.6 is 0 Å². The fraction of sp³-hybridized carbons (Fsp3) is 0.556. The van der Waals surface area contributed by atoms with Crippen LogP contribution in [0, 0.1) is 0 Å².